The van der Waals surface area contributed by atoms with E-state index in [9.17, 15) is 4.39 Å². The smallest absolute Gasteiger partial charge is 0.123 e. The fourth-order valence-corrected chi connectivity index (χ4v) is 3.70. The minimum atomic E-state index is -0.166. The first kappa shape index (κ1) is 15.5. The summed E-state index contributed by atoms with van der Waals surface area (Å²) in [5.41, 5.74) is 7.62. The largest absolute Gasteiger partial charge is 0.330 e. The zero-order valence-electron chi connectivity index (χ0n) is 13.0. The standard InChI is InChI=1S/C18H28FN/c1-18(2,3)15-8-4-13(5-9-15)17(12-20)14-6-10-16(19)11-7-14/h6-7,10-11,13,15,17H,4-5,8-9,12,20H2,1-3H3. The van der Waals surface area contributed by atoms with E-state index in [0.717, 1.165) is 5.92 Å². The van der Waals surface area contributed by atoms with Crippen molar-refractivity contribution < 1.29 is 4.39 Å². The minimum absolute atomic E-state index is 0.166. The predicted molar refractivity (Wildman–Crippen MR) is 83.1 cm³/mol. The van der Waals surface area contributed by atoms with Gasteiger partial charge in [0.25, 0.3) is 0 Å². The highest BCUT2D eigenvalue weighted by Crippen LogP contribution is 2.43. The second kappa shape index (κ2) is 6.26. The molecule has 0 saturated heterocycles. The summed E-state index contributed by atoms with van der Waals surface area (Å²) in [6.45, 7) is 7.70. The van der Waals surface area contributed by atoms with E-state index in [2.05, 4.69) is 20.8 Å². The van der Waals surface area contributed by atoms with Crippen LogP contribution in [-0.4, -0.2) is 6.54 Å². The lowest BCUT2D eigenvalue weighted by atomic mass is 9.66. The molecule has 0 aromatic heterocycles. The van der Waals surface area contributed by atoms with Gasteiger partial charge in [-0.2, -0.15) is 0 Å². The summed E-state index contributed by atoms with van der Waals surface area (Å²) in [7, 11) is 0. The highest BCUT2D eigenvalue weighted by molar-refractivity contribution is 5.22. The maximum absolute atomic E-state index is 13.0. The molecule has 1 fully saturated rings. The molecule has 2 heteroatoms. The Bertz CT molecular complexity index is 410. The van der Waals surface area contributed by atoms with Crippen LogP contribution in [0.1, 0.15) is 57.9 Å². The molecule has 0 amide bonds. The van der Waals surface area contributed by atoms with Crippen LogP contribution >= 0.6 is 0 Å². The molecule has 0 radical (unpaired) electrons. The lowest BCUT2D eigenvalue weighted by molar-refractivity contribution is 0.140. The first-order valence-electron chi connectivity index (χ1n) is 7.87. The highest BCUT2D eigenvalue weighted by atomic mass is 19.1. The van der Waals surface area contributed by atoms with Crippen molar-refractivity contribution in [2.45, 2.75) is 52.4 Å². The molecule has 2 rings (SSSR count). The topological polar surface area (TPSA) is 26.0 Å². The van der Waals surface area contributed by atoms with E-state index in [4.69, 9.17) is 5.73 Å². The first-order chi connectivity index (χ1) is 9.41. The molecule has 1 aromatic carbocycles. The number of nitrogens with two attached hydrogens (primary N) is 1. The second-order valence-corrected chi connectivity index (χ2v) is 7.37. The van der Waals surface area contributed by atoms with Crippen molar-refractivity contribution >= 4 is 0 Å². The van der Waals surface area contributed by atoms with Gasteiger partial charge in [-0.3, -0.25) is 0 Å². The van der Waals surface area contributed by atoms with Crippen molar-refractivity contribution in [2.75, 3.05) is 6.54 Å². The van der Waals surface area contributed by atoms with Crippen LogP contribution in [0.25, 0.3) is 0 Å². The molecule has 20 heavy (non-hydrogen) atoms. The molecular formula is C18H28FN. The zero-order chi connectivity index (χ0) is 14.8. The predicted octanol–water partition coefficient (Wildman–Crippen LogP) is 4.72. The third-order valence-corrected chi connectivity index (χ3v) is 5.12. The van der Waals surface area contributed by atoms with Gasteiger partial charge in [0.1, 0.15) is 5.82 Å². The summed E-state index contributed by atoms with van der Waals surface area (Å²) in [5.74, 6) is 1.70. The highest BCUT2D eigenvalue weighted by Gasteiger charge is 2.32. The molecule has 2 N–H and O–H groups in total. The summed E-state index contributed by atoms with van der Waals surface area (Å²) < 4.78 is 13.0. The molecule has 1 aromatic rings. The molecule has 1 saturated carbocycles. The normalized spacial score (nSPS) is 25.4. The lowest BCUT2D eigenvalue weighted by Gasteiger charge is -2.39. The molecule has 1 unspecified atom stereocenters. The van der Waals surface area contributed by atoms with Crippen LogP contribution in [0.15, 0.2) is 24.3 Å². The van der Waals surface area contributed by atoms with E-state index in [1.54, 1.807) is 12.1 Å². The van der Waals surface area contributed by atoms with Crippen LogP contribution < -0.4 is 5.73 Å². The maximum Gasteiger partial charge on any atom is 0.123 e. The van der Waals surface area contributed by atoms with Crippen molar-refractivity contribution in [1.82, 2.24) is 0 Å². The van der Waals surface area contributed by atoms with E-state index in [1.807, 2.05) is 12.1 Å². The van der Waals surface area contributed by atoms with Gasteiger partial charge in [0.15, 0.2) is 0 Å². The SMILES string of the molecule is CC(C)(C)C1CCC(C(CN)c2ccc(F)cc2)CC1. The number of rotatable bonds is 3. The van der Waals surface area contributed by atoms with E-state index < -0.39 is 0 Å². The van der Waals surface area contributed by atoms with E-state index >= 15 is 0 Å². The molecule has 112 valence electrons. The summed E-state index contributed by atoms with van der Waals surface area (Å²) in [6, 6.07) is 6.92. The van der Waals surface area contributed by atoms with E-state index in [1.165, 1.54) is 31.2 Å². The molecule has 0 spiro atoms. The molecular weight excluding hydrogens is 249 g/mol. The molecule has 1 nitrogen and oxygen atoms in total. The Labute approximate surface area is 122 Å². The first-order valence-corrected chi connectivity index (χ1v) is 7.87. The Balaban J connectivity index is 2.02. The Morgan fingerprint density at radius 1 is 1.10 bits per heavy atom. The van der Waals surface area contributed by atoms with Crippen LogP contribution in [0.2, 0.25) is 0 Å². The summed E-state index contributed by atoms with van der Waals surface area (Å²) >= 11 is 0. The second-order valence-electron chi connectivity index (χ2n) is 7.37. The summed E-state index contributed by atoms with van der Waals surface area (Å²) in [5, 5.41) is 0. The average molecular weight is 277 g/mol. The molecule has 0 heterocycles. The quantitative estimate of drug-likeness (QED) is 0.850. The van der Waals surface area contributed by atoms with Crippen LogP contribution in [0.5, 0.6) is 0 Å². The Hall–Kier alpha value is -0.890. The Kier molecular flexibility index (Phi) is 4.85. The molecule has 1 aliphatic carbocycles. The van der Waals surface area contributed by atoms with Crippen molar-refractivity contribution in [2.24, 2.45) is 23.0 Å². The summed E-state index contributed by atoms with van der Waals surface area (Å²) in [6.07, 6.45) is 5.10. The maximum atomic E-state index is 13.0. The fourth-order valence-electron chi connectivity index (χ4n) is 3.70. The lowest BCUT2D eigenvalue weighted by Crippen LogP contribution is -2.30. The average Bonchev–Trinajstić information content (AvgIpc) is 2.41. The van der Waals surface area contributed by atoms with Gasteiger partial charge in [0.05, 0.1) is 0 Å². The van der Waals surface area contributed by atoms with E-state index in [0.29, 0.717) is 23.8 Å². The summed E-state index contributed by atoms with van der Waals surface area (Å²) in [4.78, 5) is 0. The van der Waals surface area contributed by atoms with Gasteiger partial charge in [-0.15, -0.1) is 0 Å². The van der Waals surface area contributed by atoms with Gasteiger partial charge in [-0.05, 0) is 73.1 Å². The van der Waals surface area contributed by atoms with Gasteiger partial charge in [-0.1, -0.05) is 32.9 Å². The van der Waals surface area contributed by atoms with Gasteiger partial charge in [0.2, 0.25) is 0 Å². The van der Waals surface area contributed by atoms with Gasteiger partial charge in [-0.25, -0.2) is 4.39 Å². The Morgan fingerprint density at radius 3 is 2.10 bits per heavy atom. The third kappa shape index (κ3) is 3.60. The van der Waals surface area contributed by atoms with Crippen LogP contribution in [0.3, 0.4) is 0 Å². The monoisotopic (exact) mass is 277 g/mol. The van der Waals surface area contributed by atoms with Crippen LogP contribution in [0.4, 0.5) is 4.39 Å². The van der Waals surface area contributed by atoms with Crippen molar-refractivity contribution in [3.63, 3.8) is 0 Å². The Morgan fingerprint density at radius 2 is 1.65 bits per heavy atom. The molecule has 0 bridgehead atoms. The molecule has 0 aliphatic heterocycles. The van der Waals surface area contributed by atoms with Crippen LogP contribution in [0, 0.1) is 23.1 Å². The van der Waals surface area contributed by atoms with Gasteiger partial charge < -0.3 is 5.73 Å². The van der Waals surface area contributed by atoms with Gasteiger partial charge in [0, 0.05) is 0 Å². The number of hydrogen-bond acceptors (Lipinski definition) is 1. The van der Waals surface area contributed by atoms with Crippen molar-refractivity contribution in [3.05, 3.63) is 35.6 Å². The number of halogens is 1. The zero-order valence-corrected chi connectivity index (χ0v) is 13.0. The van der Waals surface area contributed by atoms with Crippen molar-refractivity contribution in [1.29, 1.82) is 0 Å². The number of benzene rings is 1. The van der Waals surface area contributed by atoms with Crippen molar-refractivity contribution in [3.8, 4) is 0 Å². The van der Waals surface area contributed by atoms with Crippen LogP contribution in [-0.2, 0) is 0 Å². The third-order valence-electron chi connectivity index (χ3n) is 5.12. The fraction of sp³-hybridized carbons (Fsp3) is 0.667. The van der Waals surface area contributed by atoms with Gasteiger partial charge >= 0.3 is 0 Å². The molecule has 1 aliphatic rings. The molecule has 1 atom stereocenters. The van der Waals surface area contributed by atoms with E-state index in [-0.39, 0.29) is 5.82 Å². The minimum Gasteiger partial charge on any atom is -0.330 e. The number of hydrogen-bond donors (Lipinski definition) is 1.